The molecule has 1 saturated heterocycles. The van der Waals surface area contributed by atoms with Crippen LogP contribution in [0.4, 0.5) is 0 Å². The summed E-state index contributed by atoms with van der Waals surface area (Å²) in [6.45, 7) is 6.50. The summed E-state index contributed by atoms with van der Waals surface area (Å²) >= 11 is 4.93. The molecule has 0 aromatic heterocycles. The highest BCUT2D eigenvalue weighted by Gasteiger charge is 2.21. The number of hydrogen-bond acceptors (Lipinski definition) is 3. The Kier molecular flexibility index (Phi) is 5.31. The summed E-state index contributed by atoms with van der Waals surface area (Å²) in [5, 5.41) is 3.15. The zero-order chi connectivity index (χ0) is 15.4. The lowest BCUT2D eigenvalue weighted by atomic mass is 10.0. The monoisotopic (exact) mass is 305 g/mol. The summed E-state index contributed by atoms with van der Waals surface area (Å²) in [4.78, 5) is 15.2. The first-order chi connectivity index (χ1) is 9.95. The number of nitrogens with zero attached hydrogens (tertiary/aromatic N) is 1. The molecule has 1 amide bonds. The van der Waals surface area contributed by atoms with E-state index in [1.165, 1.54) is 0 Å². The van der Waals surface area contributed by atoms with Crippen LogP contribution in [0, 0.1) is 13.8 Å². The van der Waals surface area contributed by atoms with Gasteiger partial charge < -0.3 is 11.1 Å². The van der Waals surface area contributed by atoms with Gasteiger partial charge in [0, 0.05) is 31.2 Å². The van der Waals surface area contributed by atoms with Crippen LogP contribution in [0.1, 0.15) is 34.3 Å². The van der Waals surface area contributed by atoms with E-state index in [1.807, 2.05) is 32.0 Å². The Morgan fingerprint density at radius 2 is 2.05 bits per heavy atom. The van der Waals surface area contributed by atoms with Gasteiger partial charge in [0.15, 0.2) is 0 Å². The Bertz CT molecular complexity index is 536. The van der Waals surface area contributed by atoms with Crippen molar-refractivity contribution in [1.29, 1.82) is 0 Å². The lowest BCUT2D eigenvalue weighted by Gasteiger charge is -2.32. The maximum absolute atomic E-state index is 12.4. The second kappa shape index (κ2) is 7.00. The van der Waals surface area contributed by atoms with Gasteiger partial charge in [-0.25, -0.2) is 0 Å². The molecule has 1 aromatic carbocycles. The number of hydrogen-bond donors (Lipinski definition) is 2. The summed E-state index contributed by atoms with van der Waals surface area (Å²) < 4.78 is 0. The first-order valence-electron chi connectivity index (χ1n) is 7.34. The highest BCUT2D eigenvalue weighted by Crippen LogP contribution is 2.14. The largest absolute Gasteiger partial charge is 0.392 e. The van der Waals surface area contributed by atoms with E-state index >= 15 is 0 Å². The molecule has 1 aliphatic rings. The molecule has 0 unspecified atom stereocenters. The minimum Gasteiger partial charge on any atom is -0.392 e. The Labute approximate surface area is 131 Å². The molecule has 2 rings (SSSR count). The fourth-order valence-electron chi connectivity index (χ4n) is 2.70. The molecule has 1 aliphatic heterocycles. The molecule has 4 nitrogen and oxygen atoms in total. The molecule has 1 heterocycles. The van der Waals surface area contributed by atoms with Gasteiger partial charge in [0.05, 0.1) is 4.99 Å². The molecule has 0 saturated carbocycles. The van der Waals surface area contributed by atoms with Crippen molar-refractivity contribution in [1.82, 2.24) is 10.2 Å². The summed E-state index contributed by atoms with van der Waals surface area (Å²) in [6, 6.07) is 6.21. The number of amides is 1. The third kappa shape index (κ3) is 4.51. The van der Waals surface area contributed by atoms with Crippen molar-refractivity contribution < 1.29 is 4.79 Å². The third-order valence-corrected chi connectivity index (χ3v) is 4.07. The molecule has 3 N–H and O–H groups in total. The van der Waals surface area contributed by atoms with Crippen molar-refractivity contribution in [2.75, 3.05) is 19.6 Å². The van der Waals surface area contributed by atoms with Crippen LogP contribution in [-0.2, 0) is 0 Å². The molecule has 0 spiro atoms. The second-order valence-corrected chi connectivity index (χ2v) is 6.33. The summed E-state index contributed by atoms with van der Waals surface area (Å²) in [5.41, 5.74) is 8.47. The number of piperidine rings is 1. The average molecular weight is 305 g/mol. The number of thiocarbonyl (C=S) groups is 1. The topological polar surface area (TPSA) is 58.4 Å². The van der Waals surface area contributed by atoms with Gasteiger partial charge in [-0.2, -0.15) is 0 Å². The average Bonchev–Trinajstić information content (AvgIpc) is 2.43. The number of rotatable bonds is 4. The molecular formula is C16H23N3OS. The highest BCUT2D eigenvalue weighted by atomic mass is 32.1. The Morgan fingerprint density at radius 1 is 1.38 bits per heavy atom. The van der Waals surface area contributed by atoms with Crippen molar-refractivity contribution in [2.24, 2.45) is 5.73 Å². The predicted molar refractivity (Wildman–Crippen MR) is 89.6 cm³/mol. The lowest BCUT2D eigenvalue weighted by molar-refractivity contribution is 0.0914. The third-order valence-electron chi connectivity index (χ3n) is 3.94. The van der Waals surface area contributed by atoms with E-state index in [0.29, 0.717) is 11.5 Å². The Balaban J connectivity index is 1.90. The van der Waals surface area contributed by atoms with Gasteiger partial charge in [-0.1, -0.05) is 29.9 Å². The molecular weight excluding hydrogens is 282 g/mol. The maximum atomic E-state index is 12.4. The zero-order valence-corrected chi connectivity index (χ0v) is 13.5. The minimum absolute atomic E-state index is 0.0315. The van der Waals surface area contributed by atoms with Gasteiger partial charge in [-0.15, -0.1) is 0 Å². The van der Waals surface area contributed by atoms with Gasteiger partial charge in [-0.05, 0) is 38.3 Å². The van der Waals surface area contributed by atoms with Crippen LogP contribution in [0.5, 0.6) is 0 Å². The fraction of sp³-hybridized carbons (Fsp3) is 0.500. The standard InChI is InChI=1S/C16H23N3OS/c1-11-3-4-12(2)14(9-11)16(20)18-13-5-7-19(8-6-13)10-15(17)21/h3-4,9,13H,5-8,10H2,1-2H3,(H2,17,21)(H,18,20). The van der Waals surface area contributed by atoms with Crippen LogP contribution in [0.2, 0.25) is 0 Å². The van der Waals surface area contributed by atoms with E-state index in [4.69, 9.17) is 18.0 Å². The van der Waals surface area contributed by atoms with Crippen LogP contribution in [0.3, 0.4) is 0 Å². The molecule has 5 heteroatoms. The van der Waals surface area contributed by atoms with Crippen molar-refractivity contribution in [2.45, 2.75) is 32.7 Å². The van der Waals surface area contributed by atoms with Crippen LogP contribution in [0.15, 0.2) is 18.2 Å². The molecule has 0 bridgehead atoms. The first kappa shape index (κ1) is 15.9. The zero-order valence-electron chi connectivity index (χ0n) is 12.7. The van der Waals surface area contributed by atoms with E-state index in [0.717, 1.165) is 42.6 Å². The van der Waals surface area contributed by atoms with Crippen molar-refractivity contribution >= 4 is 23.1 Å². The van der Waals surface area contributed by atoms with Crippen LogP contribution in [0.25, 0.3) is 0 Å². The van der Waals surface area contributed by atoms with E-state index in [1.54, 1.807) is 0 Å². The van der Waals surface area contributed by atoms with Crippen LogP contribution >= 0.6 is 12.2 Å². The number of nitrogens with two attached hydrogens (primary N) is 1. The SMILES string of the molecule is Cc1ccc(C)c(C(=O)NC2CCN(CC(N)=S)CC2)c1. The van der Waals surface area contributed by atoms with Crippen molar-refractivity contribution in [3.63, 3.8) is 0 Å². The first-order valence-corrected chi connectivity index (χ1v) is 7.75. The fourth-order valence-corrected chi connectivity index (χ4v) is 2.88. The van der Waals surface area contributed by atoms with E-state index in [-0.39, 0.29) is 11.9 Å². The van der Waals surface area contributed by atoms with Crippen molar-refractivity contribution in [3.05, 3.63) is 34.9 Å². The van der Waals surface area contributed by atoms with E-state index < -0.39 is 0 Å². The molecule has 0 aliphatic carbocycles. The van der Waals surface area contributed by atoms with Crippen LogP contribution < -0.4 is 11.1 Å². The summed E-state index contributed by atoms with van der Waals surface area (Å²) in [6.07, 6.45) is 1.89. The lowest BCUT2D eigenvalue weighted by Crippen LogP contribution is -2.46. The second-order valence-electron chi connectivity index (χ2n) is 5.81. The smallest absolute Gasteiger partial charge is 0.251 e. The number of benzene rings is 1. The Hall–Kier alpha value is -1.46. The number of carbonyl (C=O) groups is 1. The predicted octanol–water partition coefficient (Wildman–Crippen LogP) is 1.78. The summed E-state index contributed by atoms with van der Waals surface area (Å²) in [5.74, 6) is 0.0315. The molecule has 114 valence electrons. The number of likely N-dealkylation sites (tertiary alicyclic amines) is 1. The van der Waals surface area contributed by atoms with E-state index in [2.05, 4.69) is 10.2 Å². The highest BCUT2D eigenvalue weighted by molar-refractivity contribution is 7.80. The number of carbonyl (C=O) groups excluding carboxylic acids is 1. The minimum atomic E-state index is 0.0315. The Morgan fingerprint density at radius 3 is 2.67 bits per heavy atom. The van der Waals surface area contributed by atoms with Gasteiger partial charge in [0.25, 0.3) is 5.91 Å². The molecule has 21 heavy (non-hydrogen) atoms. The molecule has 1 aromatic rings. The summed E-state index contributed by atoms with van der Waals surface area (Å²) in [7, 11) is 0. The quantitative estimate of drug-likeness (QED) is 0.833. The number of nitrogens with one attached hydrogen (secondary N) is 1. The molecule has 0 radical (unpaired) electrons. The van der Waals surface area contributed by atoms with Crippen LogP contribution in [-0.4, -0.2) is 41.5 Å². The van der Waals surface area contributed by atoms with Crippen molar-refractivity contribution in [3.8, 4) is 0 Å². The molecule has 0 atom stereocenters. The van der Waals surface area contributed by atoms with E-state index in [9.17, 15) is 4.79 Å². The van der Waals surface area contributed by atoms with Gasteiger partial charge in [0.1, 0.15) is 0 Å². The number of aryl methyl sites for hydroxylation is 2. The maximum Gasteiger partial charge on any atom is 0.251 e. The van der Waals surface area contributed by atoms with Gasteiger partial charge in [0.2, 0.25) is 0 Å². The molecule has 1 fully saturated rings. The normalized spacial score (nSPS) is 16.7. The van der Waals surface area contributed by atoms with Gasteiger partial charge >= 0.3 is 0 Å². The van der Waals surface area contributed by atoms with Gasteiger partial charge in [-0.3, -0.25) is 9.69 Å².